The Balaban J connectivity index is 1.12. The summed E-state index contributed by atoms with van der Waals surface area (Å²) in [6.07, 6.45) is 13.3. The molecule has 9 heteroatoms. The molecule has 1 aliphatic carbocycles. The summed E-state index contributed by atoms with van der Waals surface area (Å²) in [5.41, 5.74) is 3.59. The molecule has 1 unspecified atom stereocenters. The molecule has 1 atom stereocenters. The lowest BCUT2D eigenvalue weighted by Gasteiger charge is -2.20. The number of nitrogens with zero attached hydrogens (tertiary/aromatic N) is 4. The van der Waals surface area contributed by atoms with Crippen molar-refractivity contribution in [3.63, 3.8) is 0 Å². The van der Waals surface area contributed by atoms with E-state index in [1.165, 1.54) is 11.8 Å². The molecular weight excluding hydrogens is 446 g/mol. The molecule has 0 aromatic carbocycles. The fraction of sp³-hybridized carbons (Fsp3) is 0.462. The van der Waals surface area contributed by atoms with Crippen molar-refractivity contribution < 1.29 is 14.2 Å². The second-order valence-corrected chi connectivity index (χ2v) is 8.95. The maximum Gasteiger partial charge on any atom is 0.269 e. The largest absolute Gasteiger partial charge is 0.495 e. The maximum atomic E-state index is 12.5. The summed E-state index contributed by atoms with van der Waals surface area (Å²) in [6.45, 7) is 2.50. The summed E-state index contributed by atoms with van der Waals surface area (Å²) in [4.78, 5) is 25.4. The lowest BCUT2D eigenvalue weighted by atomic mass is 10.0. The lowest BCUT2D eigenvalue weighted by Crippen LogP contribution is -2.28. The molecule has 0 bridgehead atoms. The molecule has 0 radical (unpaired) electrons. The second-order valence-electron chi connectivity index (χ2n) is 8.95. The van der Waals surface area contributed by atoms with Gasteiger partial charge in [-0.1, -0.05) is 11.6 Å². The number of nitrogens with one attached hydrogen (secondary N) is 1. The highest BCUT2D eigenvalue weighted by molar-refractivity contribution is 5.71. The molecular formula is C26H31N5O4. The van der Waals surface area contributed by atoms with Gasteiger partial charge in [0.05, 0.1) is 36.9 Å². The van der Waals surface area contributed by atoms with Crippen molar-refractivity contribution in [2.45, 2.75) is 57.7 Å². The van der Waals surface area contributed by atoms with Crippen molar-refractivity contribution in [2.24, 2.45) is 0 Å². The normalized spacial score (nSPS) is 17.6. The lowest BCUT2D eigenvalue weighted by molar-refractivity contribution is 0.170. The van der Waals surface area contributed by atoms with Crippen molar-refractivity contribution in [1.29, 1.82) is 0 Å². The van der Waals surface area contributed by atoms with Crippen molar-refractivity contribution in [1.82, 2.24) is 24.8 Å². The topological polar surface area (TPSA) is 100 Å². The van der Waals surface area contributed by atoms with Crippen LogP contribution in [0.5, 0.6) is 17.2 Å². The zero-order chi connectivity index (χ0) is 24.0. The van der Waals surface area contributed by atoms with Crippen LogP contribution < -0.4 is 25.1 Å². The van der Waals surface area contributed by atoms with E-state index in [0.717, 1.165) is 55.7 Å². The Morgan fingerprint density at radius 1 is 1.09 bits per heavy atom. The molecule has 4 heterocycles. The van der Waals surface area contributed by atoms with E-state index in [4.69, 9.17) is 14.2 Å². The van der Waals surface area contributed by atoms with Gasteiger partial charge in [-0.3, -0.25) is 9.78 Å². The molecule has 3 aromatic heterocycles. The number of aromatic nitrogens is 4. The maximum absolute atomic E-state index is 12.5. The minimum atomic E-state index is -0.112. The number of rotatable bonds is 8. The van der Waals surface area contributed by atoms with Crippen LogP contribution in [0.3, 0.4) is 0 Å². The van der Waals surface area contributed by atoms with E-state index >= 15 is 0 Å². The van der Waals surface area contributed by atoms with Crippen molar-refractivity contribution in [2.75, 3.05) is 20.3 Å². The van der Waals surface area contributed by atoms with E-state index in [2.05, 4.69) is 26.3 Å². The summed E-state index contributed by atoms with van der Waals surface area (Å²) in [5, 5.41) is 3.66. The number of allylic oxidation sites excluding steroid dienone is 2. The van der Waals surface area contributed by atoms with Crippen molar-refractivity contribution in [3.05, 3.63) is 58.4 Å². The van der Waals surface area contributed by atoms with Crippen LogP contribution in [0.25, 0.3) is 11.2 Å². The van der Waals surface area contributed by atoms with Crippen LogP contribution in [0, 0.1) is 0 Å². The minimum Gasteiger partial charge on any atom is -0.495 e. The number of hydrogen-bond donors (Lipinski definition) is 1. The molecule has 9 nitrogen and oxygen atoms in total. The number of fused-ring (bicyclic) bond motifs is 2. The predicted octanol–water partition coefficient (Wildman–Crippen LogP) is 3.41. The van der Waals surface area contributed by atoms with E-state index in [1.807, 2.05) is 12.1 Å². The Bertz CT molecular complexity index is 1270. The molecule has 3 aromatic rings. The third-order valence-electron chi connectivity index (χ3n) is 6.61. The van der Waals surface area contributed by atoms with Gasteiger partial charge in [0.25, 0.3) is 5.56 Å². The van der Waals surface area contributed by atoms with Gasteiger partial charge in [0.15, 0.2) is 17.1 Å². The van der Waals surface area contributed by atoms with Crippen LogP contribution in [0.2, 0.25) is 0 Å². The molecule has 0 fully saturated rings. The van der Waals surface area contributed by atoms with Gasteiger partial charge in [-0.15, -0.1) is 0 Å². The van der Waals surface area contributed by atoms with E-state index in [9.17, 15) is 4.79 Å². The zero-order valence-electron chi connectivity index (χ0n) is 20.0. The molecule has 0 saturated heterocycles. The third-order valence-corrected chi connectivity index (χ3v) is 6.61. The first-order valence-electron chi connectivity index (χ1n) is 12.2. The molecule has 1 aliphatic heterocycles. The van der Waals surface area contributed by atoms with Gasteiger partial charge in [-0.2, -0.15) is 0 Å². The quantitative estimate of drug-likeness (QED) is 0.493. The third kappa shape index (κ3) is 5.62. The summed E-state index contributed by atoms with van der Waals surface area (Å²) < 4.78 is 18.2. The highest BCUT2D eigenvalue weighted by atomic mass is 16.6. The molecule has 184 valence electrons. The Hall–Kier alpha value is -3.46. The summed E-state index contributed by atoms with van der Waals surface area (Å²) in [5.74, 6) is 2.12. The van der Waals surface area contributed by atoms with E-state index in [-0.39, 0.29) is 5.56 Å². The Kier molecular flexibility index (Phi) is 7.23. The Morgan fingerprint density at radius 3 is 2.83 bits per heavy atom. The van der Waals surface area contributed by atoms with E-state index < -0.39 is 0 Å². The SMILES string of the molecule is COc1cnc2ncc(=O)n(CCCC3=CCCC(NCc4cc5c(cn4)OCCO5)CC3)c2c1. The van der Waals surface area contributed by atoms with Gasteiger partial charge < -0.3 is 24.1 Å². The number of pyridine rings is 2. The predicted molar refractivity (Wildman–Crippen MR) is 132 cm³/mol. The van der Waals surface area contributed by atoms with Crippen molar-refractivity contribution in [3.8, 4) is 17.2 Å². The van der Waals surface area contributed by atoms with Crippen LogP contribution in [0.1, 0.15) is 44.2 Å². The number of ether oxygens (including phenoxy) is 3. The number of methoxy groups -OCH3 is 1. The number of aryl methyl sites for hydroxylation is 1. The second kappa shape index (κ2) is 10.9. The minimum absolute atomic E-state index is 0.112. The first-order chi connectivity index (χ1) is 17.2. The zero-order valence-corrected chi connectivity index (χ0v) is 20.0. The van der Waals surface area contributed by atoms with E-state index in [1.54, 1.807) is 24.1 Å². The highest BCUT2D eigenvalue weighted by Crippen LogP contribution is 2.29. The van der Waals surface area contributed by atoms with Crippen LogP contribution in [-0.2, 0) is 13.1 Å². The van der Waals surface area contributed by atoms with Crippen LogP contribution in [0.4, 0.5) is 0 Å². The smallest absolute Gasteiger partial charge is 0.269 e. The standard InChI is InChI=1S/C26H31N5O4/c1-33-21-13-22-26(29-15-21)30-17-25(32)31(22)9-3-5-18-4-2-6-19(8-7-18)27-14-20-12-23-24(16-28-20)35-11-10-34-23/h4,12-13,15-17,19,27H,2-3,5-11,14H2,1H3. The monoisotopic (exact) mass is 477 g/mol. The van der Waals surface area contributed by atoms with E-state index in [0.29, 0.717) is 49.3 Å². The van der Waals surface area contributed by atoms with Gasteiger partial charge in [-0.25, -0.2) is 9.97 Å². The van der Waals surface area contributed by atoms with Crippen LogP contribution in [0.15, 0.2) is 47.2 Å². The Labute approximate surface area is 204 Å². The molecule has 0 saturated carbocycles. The molecule has 0 amide bonds. The average molecular weight is 478 g/mol. The first kappa shape index (κ1) is 23.3. The van der Waals surface area contributed by atoms with Crippen LogP contribution >= 0.6 is 0 Å². The molecule has 1 N–H and O–H groups in total. The molecule has 5 rings (SSSR count). The van der Waals surface area contributed by atoms with Crippen molar-refractivity contribution >= 4 is 11.2 Å². The summed E-state index contributed by atoms with van der Waals surface area (Å²) >= 11 is 0. The average Bonchev–Trinajstić information content (AvgIpc) is 3.13. The number of hydrogen-bond acceptors (Lipinski definition) is 8. The highest BCUT2D eigenvalue weighted by Gasteiger charge is 2.16. The molecule has 35 heavy (non-hydrogen) atoms. The summed E-state index contributed by atoms with van der Waals surface area (Å²) in [7, 11) is 1.59. The molecule has 0 spiro atoms. The summed E-state index contributed by atoms with van der Waals surface area (Å²) in [6, 6.07) is 4.25. The first-order valence-corrected chi connectivity index (χ1v) is 12.2. The van der Waals surface area contributed by atoms with Gasteiger partial charge in [0.1, 0.15) is 19.0 Å². The fourth-order valence-electron chi connectivity index (χ4n) is 4.70. The molecule has 2 aliphatic rings. The van der Waals surface area contributed by atoms with Gasteiger partial charge in [-0.05, 0) is 38.5 Å². The van der Waals surface area contributed by atoms with Gasteiger partial charge in [0.2, 0.25) is 0 Å². The fourth-order valence-corrected chi connectivity index (χ4v) is 4.70. The van der Waals surface area contributed by atoms with Gasteiger partial charge in [0, 0.05) is 31.3 Å². The van der Waals surface area contributed by atoms with Crippen LogP contribution in [-0.4, -0.2) is 45.9 Å². The Morgan fingerprint density at radius 2 is 1.94 bits per heavy atom. The van der Waals surface area contributed by atoms with Gasteiger partial charge >= 0.3 is 0 Å².